The fourth-order valence-corrected chi connectivity index (χ4v) is 2.23. The van der Waals surface area contributed by atoms with Crippen LogP contribution in [0, 0.1) is 18.6 Å². The van der Waals surface area contributed by atoms with E-state index >= 15 is 0 Å². The average Bonchev–Trinajstić information content (AvgIpc) is 2.43. The number of hydrogen-bond acceptors (Lipinski definition) is 1. The number of rotatable bonds is 5. The van der Waals surface area contributed by atoms with Crippen LogP contribution in [-0.2, 0) is 6.54 Å². The van der Waals surface area contributed by atoms with Gasteiger partial charge in [-0.15, -0.1) is 0 Å². The van der Waals surface area contributed by atoms with E-state index < -0.39 is 11.6 Å². The van der Waals surface area contributed by atoms with E-state index in [9.17, 15) is 8.78 Å². The molecule has 106 valence electrons. The van der Waals surface area contributed by atoms with Crippen molar-refractivity contribution in [3.05, 3.63) is 59.2 Å². The zero-order valence-electron chi connectivity index (χ0n) is 11.8. The zero-order chi connectivity index (χ0) is 14.5. The molecular formula is C17H19F2N. The highest BCUT2D eigenvalue weighted by molar-refractivity contribution is 5.67. The minimum absolute atomic E-state index is 0.703. The van der Waals surface area contributed by atoms with Gasteiger partial charge in [0.25, 0.3) is 0 Å². The molecule has 0 saturated carbocycles. The molecule has 20 heavy (non-hydrogen) atoms. The third kappa shape index (κ3) is 3.42. The molecule has 0 spiro atoms. The highest BCUT2D eigenvalue weighted by atomic mass is 19.2. The van der Waals surface area contributed by atoms with Crippen LogP contribution in [0.5, 0.6) is 0 Å². The molecule has 0 aromatic heterocycles. The van der Waals surface area contributed by atoms with E-state index in [0.29, 0.717) is 5.56 Å². The van der Waals surface area contributed by atoms with Crippen LogP contribution in [0.15, 0.2) is 36.4 Å². The summed E-state index contributed by atoms with van der Waals surface area (Å²) in [6, 6.07) is 10.1. The first-order valence-corrected chi connectivity index (χ1v) is 6.87. The second-order valence-electron chi connectivity index (χ2n) is 4.95. The standard InChI is InChI=1S/C17H19F2N/c1-3-8-20-11-13-4-6-15(12(2)9-13)14-5-7-16(18)17(19)10-14/h4-7,9-10,20H,3,8,11H2,1-2H3. The maximum absolute atomic E-state index is 13.3. The molecule has 2 rings (SSSR count). The highest BCUT2D eigenvalue weighted by Crippen LogP contribution is 2.25. The second-order valence-corrected chi connectivity index (χ2v) is 4.95. The predicted molar refractivity (Wildman–Crippen MR) is 78.5 cm³/mol. The lowest BCUT2D eigenvalue weighted by molar-refractivity contribution is 0.509. The molecule has 2 aromatic carbocycles. The van der Waals surface area contributed by atoms with Crippen LogP contribution in [0.3, 0.4) is 0 Å². The van der Waals surface area contributed by atoms with E-state index in [1.807, 2.05) is 19.1 Å². The third-order valence-corrected chi connectivity index (χ3v) is 3.28. The summed E-state index contributed by atoms with van der Waals surface area (Å²) in [5.74, 6) is -1.62. The Morgan fingerprint density at radius 2 is 1.80 bits per heavy atom. The summed E-state index contributed by atoms with van der Waals surface area (Å²) in [5.41, 5.74) is 3.90. The van der Waals surface area contributed by atoms with E-state index in [0.717, 1.165) is 30.6 Å². The first-order valence-electron chi connectivity index (χ1n) is 6.87. The summed E-state index contributed by atoms with van der Waals surface area (Å²) >= 11 is 0. The summed E-state index contributed by atoms with van der Waals surface area (Å²) in [6.45, 7) is 5.93. The Kier molecular flexibility index (Phi) is 4.85. The number of nitrogens with one attached hydrogen (secondary N) is 1. The van der Waals surface area contributed by atoms with Crippen molar-refractivity contribution in [2.45, 2.75) is 26.8 Å². The summed E-state index contributed by atoms with van der Waals surface area (Å²) in [5, 5.41) is 3.34. The molecule has 0 bridgehead atoms. The van der Waals surface area contributed by atoms with Gasteiger partial charge in [-0.25, -0.2) is 8.78 Å². The van der Waals surface area contributed by atoms with Gasteiger partial charge in [0.05, 0.1) is 0 Å². The quantitative estimate of drug-likeness (QED) is 0.795. The van der Waals surface area contributed by atoms with Crippen LogP contribution >= 0.6 is 0 Å². The number of hydrogen-bond donors (Lipinski definition) is 1. The first kappa shape index (κ1) is 14.7. The molecule has 2 aromatic rings. The Balaban J connectivity index is 2.22. The molecule has 0 unspecified atom stereocenters. The van der Waals surface area contributed by atoms with Gasteiger partial charge in [0.2, 0.25) is 0 Å². The molecule has 0 heterocycles. The molecule has 0 aliphatic heterocycles. The Morgan fingerprint density at radius 3 is 2.45 bits per heavy atom. The third-order valence-electron chi connectivity index (χ3n) is 3.28. The van der Waals surface area contributed by atoms with Crippen LogP contribution in [0.25, 0.3) is 11.1 Å². The SMILES string of the molecule is CCCNCc1ccc(-c2ccc(F)c(F)c2)c(C)c1. The van der Waals surface area contributed by atoms with Gasteiger partial charge in [-0.3, -0.25) is 0 Å². The normalized spacial score (nSPS) is 10.8. The van der Waals surface area contributed by atoms with Crippen molar-refractivity contribution in [3.63, 3.8) is 0 Å². The summed E-state index contributed by atoms with van der Waals surface area (Å²) < 4.78 is 26.3. The lowest BCUT2D eigenvalue weighted by Crippen LogP contribution is -2.13. The van der Waals surface area contributed by atoms with Crippen molar-refractivity contribution < 1.29 is 8.78 Å². The predicted octanol–water partition coefficient (Wildman–Crippen LogP) is 4.44. The van der Waals surface area contributed by atoms with E-state index in [-0.39, 0.29) is 0 Å². The van der Waals surface area contributed by atoms with Gasteiger partial charge in [-0.05, 0) is 54.3 Å². The smallest absolute Gasteiger partial charge is 0.159 e. The van der Waals surface area contributed by atoms with Crippen molar-refractivity contribution in [1.82, 2.24) is 5.32 Å². The van der Waals surface area contributed by atoms with Crippen molar-refractivity contribution in [2.24, 2.45) is 0 Å². The van der Waals surface area contributed by atoms with Crippen LogP contribution in [0.4, 0.5) is 8.78 Å². The van der Waals surface area contributed by atoms with Crippen LogP contribution in [-0.4, -0.2) is 6.54 Å². The first-order chi connectivity index (χ1) is 9.61. The van der Waals surface area contributed by atoms with E-state index in [2.05, 4.69) is 18.3 Å². The Hall–Kier alpha value is -1.74. The highest BCUT2D eigenvalue weighted by Gasteiger charge is 2.07. The molecule has 0 radical (unpaired) electrons. The van der Waals surface area contributed by atoms with Gasteiger partial charge < -0.3 is 5.32 Å². The van der Waals surface area contributed by atoms with Gasteiger partial charge in [0, 0.05) is 6.54 Å². The number of benzene rings is 2. The molecule has 0 atom stereocenters. The minimum atomic E-state index is -0.813. The van der Waals surface area contributed by atoms with E-state index in [1.54, 1.807) is 6.07 Å². The monoisotopic (exact) mass is 275 g/mol. The topological polar surface area (TPSA) is 12.0 Å². The lowest BCUT2D eigenvalue weighted by Gasteiger charge is -2.10. The van der Waals surface area contributed by atoms with E-state index in [1.165, 1.54) is 17.7 Å². The Labute approximate surface area is 118 Å². The van der Waals surface area contributed by atoms with Crippen molar-refractivity contribution >= 4 is 0 Å². The molecule has 0 fully saturated rings. The largest absolute Gasteiger partial charge is 0.313 e. The fraction of sp³-hybridized carbons (Fsp3) is 0.294. The van der Waals surface area contributed by atoms with Gasteiger partial charge in [-0.2, -0.15) is 0 Å². The summed E-state index contributed by atoms with van der Waals surface area (Å²) in [7, 11) is 0. The zero-order valence-corrected chi connectivity index (χ0v) is 11.8. The maximum Gasteiger partial charge on any atom is 0.159 e. The molecule has 0 amide bonds. The van der Waals surface area contributed by atoms with Crippen molar-refractivity contribution in [1.29, 1.82) is 0 Å². The maximum atomic E-state index is 13.3. The van der Waals surface area contributed by atoms with Crippen LogP contribution < -0.4 is 5.32 Å². The average molecular weight is 275 g/mol. The molecule has 3 heteroatoms. The van der Waals surface area contributed by atoms with Crippen LogP contribution in [0.2, 0.25) is 0 Å². The Bertz CT molecular complexity index is 594. The molecule has 1 nitrogen and oxygen atoms in total. The summed E-state index contributed by atoms with van der Waals surface area (Å²) in [4.78, 5) is 0. The fourth-order valence-electron chi connectivity index (χ4n) is 2.23. The van der Waals surface area contributed by atoms with Gasteiger partial charge in [0.1, 0.15) is 0 Å². The van der Waals surface area contributed by atoms with E-state index in [4.69, 9.17) is 0 Å². The number of halogens is 2. The minimum Gasteiger partial charge on any atom is -0.313 e. The molecule has 0 saturated heterocycles. The van der Waals surface area contributed by atoms with Crippen molar-refractivity contribution in [2.75, 3.05) is 6.54 Å². The second kappa shape index (κ2) is 6.62. The van der Waals surface area contributed by atoms with Crippen molar-refractivity contribution in [3.8, 4) is 11.1 Å². The molecular weight excluding hydrogens is 256 g/mol. The van der Waals surface area contributed by atoms with Crippen LogP contribution in [0.1, 0.15) is 24.5 Å². The van der Waals surface area contributed by atoms with Gasteiger partial charge in [-0.1, -0.05) is 31.2 Å². The Morgan fingerprint density at radius 1 is 1.00 bits per heavy atom. The number of aryl methyl sites for hydroxylation is 1. The molecule has 0 aliphatic rings. The molecule has 1 N–H and O–H groups in total. The lowest BCUT2D eigenvalue weighted by atomic mass is 9.98. The van der Waals surface area contributed by atoms with Gasteiger partial charge >= 0.3 is 0 Å². The van der Waals surface area contributed by atoms with Gasteiger partial charge in [0.15, 0.2) is 11.6 Å². The molecule has 0 aliphatic carbocycles. The summed E-state index contributed by atoms with van der Waals surface area (Å²) in [6.07, 6.45) is 1.10.